The van der Waals surface area contributed by atoms with E-state index in [0.717, 1.165) is 50.4 Å². The first-order valence-electron chi connectivity index (χ1n) is 11.5. The normalized spacial score (nSPS) is 26.0. The second-order valence-electron chi connectivity index (χ2n) is 9.10. The third kappa shape index (κ3) is 5.19. The summed E-state index contributed by atoms with van der Waals surface area (Å²) in [6, 6.07) is 10.5. The van der Waals surface area contributed by atoms with Crippen molar-refractivity contribution >= 4 is 11.8 Å². The molecular weight excluding hydrogens is 362 g/mol. The molecule has 1 aromatic rings. The summed E-state index contributed by atoms with van der Waals surface area (Å²) in [5.41, 5.74) is 1.13. The Kier molecular flexibility index (Phi) is 6.86. The number of carbonyl (C=O) groups excluding carboxylic acids is 2. The van der Waals surface area contributed by atoms with Crippen molar-refractivity contribution in [2.24, 2.45) is 11.8 Å². The Morgan fingerprint density at radius 2 is 1.62 bits per heavy atom. The summed E-state index contributed by atoms with van der Waals surface area (Å²) < 4.78 is 0. The van der Waals surface area contributed by atoms with Gasteiger partial charge in [0.25, 0.3) is 0 Å². The molecule has 0 bridgehead atoms. The van der Waals surface area contributed by atoms with Crippen molar-refractivity contribution < 1.29 is 9.59 Å². The molecule has 3 aliphatic rings. The van der Waals surface area contributed by atoms with Crippen LogP contribution in [-0.4, -0.2) is 53.8 Å². The molecule has 3 fully saturated rings. The first-order chi connectivity index (χ1) is 14.2. The molecule has 5 nitrogen and oxygen atoms in total. The lowest BCUT2D eigenvalue weighted by Gasteiger charge is -2.45. The standard InChI is InChI=1S/C24H35N3O2/c28-23(27-14-6-10-20-9-4-5-11-22(20)27)18-26-15-12-21(13-16-26)24(29)25-17-19-7-2-1-3-8-19/h1-3,7-8,20-22H,4-6,9-18H2,(H,25,29). The maximum Gasteiger partial charge on any atom is 0.237 e. The molecule has 0 aromatic heterocycles. The molecule has 0 radical (unpaired) electrons. The zero-order valence-electron chi connectivity index (χ0n) is 17.5. The summed E-state index contributed by atoms with van der Waals surface area (Å²) >= 11 is 0. The lowest BCUT2D eigenvalue weighted by atomic mass is 9.78. The molecule has 5 heteroatoms. The number of fused-ring (bicyclic) bond motifs is 1. The molecule has 2 heterocycles. The summed E-state index contributed by atoms with van der Waals surface area (Å²) in [6.07, 6.45) is 9.27. The highest BCUT2D eigenvalue weighted by Gasteiger charge is 2.36. The van der Waals surface area contributed by atoms with Crippen LogP contribution in [0.5, 0.6) is 0 Å². The predicted octanol–water partition coefficient (Wildman–Crippen LogP) is 3.20. The minimum Gasteiger partial charge on any atom is -0.352 e. The van der Waals surface area contributed by atoms with E-state index in [2.05, 4.69) is 15.1 Å². The Balaban J connectivity index is 1.21. The Morgan fingerprint density at radius 3 is 2.41 bits per heavy atom. The van der Waals surface area contributed by atoms with Crippen molar-refractivity contribution in [1.82, 2.24) is 15.1 Å². The van der Waals surface area contributed by atoms with Crippen LogP contribution < -0.4 is 5.32 Å². The topological polar surface area (TPSA) is 52.7 Å². The highest BCUT2D eigenvalue weighted by molar-refractivity contribution is 5.80. The minimum absolute atomic E-state index is 0.0720. The first kappa shape index (κ1) is 20.4. The summed E-state index contributed by atoms with van der Waals surface area (Å²) in [5, 5.41) is 3.07. The van der Waals surface area contributed by atoms with E-state index >= 15 is 0 Å². The number of carbonyl (C=O) groups is 2. The van der Waals surface area contributed by atoms with Crippen molar-refractivity contribution in [1.29, 1.82) is 0 Å². The molecule has 2 atom stereocenters. The largest absolute Gasteiger partial charge is 0.352 e. The molecule has 4 rings (SSSR count). The van der Waals surface area contributed by atoms with Crippen molar-refractivity contribution in [3.8, 4) is 0 Å². The highest BCUT2D eigenvalue weighted by atomic mass is 16.2. The predicted molar refractivity (Wildman–Crippen MR) is 114 cm³/mol. The lowest BCUT2D eigenvalue weighted by Crippen LogP contribution is -2.53. The van der Waals surface area contributed by atoms with Gasteiger partial charge >= 0.3 is 0 Å². The Bertz CT molecular complexity index is 683. The van der Waals surface area contributed by atoms with Gasteiger partial charge in [0.15, 0.2) is 0 Å². The van der Waals surface area contributed by atoms with Gasteiger partial charge in [-0.2, -0.15) is 0 Å². The third-order valence-corrected chi connectivity index (χ3v) is 7.19. The van der Waals surface area contributed by atoms with Gasteiger partial charge in [0.1, 0.15) is 0 Å². The van der Waals surface area contributed by atoms with Gasteiger partial charge in [0, 0.05) is 25.0 Å². The third-order valence-electron chi connectivity index (χ3n) is 7.19. The second-order valence-corrected chi connectivity index (χ2v) is 9.10. The number of nitrogens with one attached hydrogen (secondary N) is 1. The first-order valence-corrected chi connectivity index (χ1v) is 11.5. The van der Waals surface area contributed by atoms with Crippen LogP contribution in [0, 0.1) is 11.8 Å². The SMILES string of the molecule is O=C(NCc1ccccc1)C1CCN(CC(=O)N2CCCC3CCCCC32)CC1. The molecule has 2 unspecified atom stereocenters. The summed E-state index contributed by atoms with van der Waals surface area (Å²) in [7, 11) is 0. The number of hydrogen-bond donors (Lipinski definition) is 1. The molecule has 158 valence electrons. The van der Waals surface area contributed by atoms with Gasteiger partial charge in [-0.05, 0) is 63.1 Å². The van der Waals surface area contributed by atoms with E-state index in [0.29, 0.717) is 25.0 Å². The van der Waals surface area contributed by atoms with E-state index < -0.39 is 0 Å². The molecule has 29 heavy (non-hydrogen) atoms. The van der Waals surface area contributed by atoms with Crippen molar-refractivity contribution in [2.45, 2.75) is 64.0 Å². The zero-order chi connectivity index (χ0) is 20.1. The van der Waals surface area contributed by atoms with E-state index in [-0.39, 0.29) is 11.8 Å². The number of piperidine rings is 2. The summed E-state index contributed by atoms with van der Waals surface area (Å²) in [4.78, 5) is 30.0. The van der Waals surface area contributed by atoms with E-state index in [1.165, 1.54) is 32.1 Å². The van der Waals surface area contributed by atoms with E-state index in [4.69, 9.17) is 0 Å². The van der Waals surface area contributed by atoms with Gasteiger partial charge in [-0.15, -0.1) is 0 Å². The quantitative estimate of drug-likeness (QED) is 0.830. The molecule has 0 spiro atoms. The van der Waals surface area contributed by atoms with Crippen LogP contribution in [0.3, 0.4) is 0 Å². The Hall–Kier alpha value is -1.88. The van der Waals surface area contributed by atoms with Gasteiger partial charge in [0.2, 0.25) is 11.8 Å². The number of benzene rings is 1. The fraction of sp³-hybridized carbons (Fsp3) is 0.667. The van der Waals surface area contributed by atoms with Gasteiger partial charge in [-0.1, -0.05) is 43.2 Å². The van der Waals surface area contributed by atoms with Crippen molar-refractivity contribution in [3.63, 3.8) is 0 Å². The molecular formula is C24H35N3O2. The Labute approximate surface area is 174 Å². The average Bonchev–Trinajstić information content (AvgIpc) is 2.78. The summed E-state index contributed by atoms with van der Waals surface area (Å²) in [6.45, 7) is 3.75. The summed E-state index contributed by atoms with van der Waals surface area (Å²) in [5.74, 6) is 1.28. The maximum atomic E-state index is 13.0. The van der Waals surface area contributed by atoms with E-state index in [1.807, 2.05) is 30.3 Å². The lowest BCUT2D eigenvalue weighted by molar-refractivity contribution is -0.139. The van der Waals surface area contributed by atoms with Gasteiger partial charge in [-0.25, -0.2) is 0 Å². The average molecular weight is 398 g/mol. The van der Waals surface area contributed by atoms with Crippen LogP contribution in [0.1, 0.15) is 56.9 Å². The smallest absolute Gasteiger partial charge is 0.237 e. The minimum atomic E-state index is 0.0720. The molecule has 2 amide bonds. The number of rotatable bonds is 5. The zero-order valence-corrected chi connectivity index (χ0v) is 17.5. The number of hydrogen-bond acceptors (Lipinski definition) is 3. The van der Waals surface area contributed by atoms with E-state index in [9.17, 15) is 9.59 Å². The fourth-order valence-electron chi connectivity index (χ4n) is 5.50. The molecule has 2 saturated heterocycles. The molecule has 1 aliphatic carbocycles. The van der Waals surface area contributed by atoms with Crippen LogP contribution >= 0.6 is 0 Å². The molecule has 1 N–H and O–H groups in total. The number of likely N-dealkylation sites (tertiary alicyclic amines) is 2. The van der Waals surface area contributed by atoms with Crippen LogP contribution in [0.4, 0.5) is 0 Å². The van der Waals surface area contributed by atoms with Gasteiger partial charge in [-0.3, -0.25) is 14.5 Å². The number of amides is 2. The second kappa shape index (κ2) is 9.75. The molecule has 2 aliphatic heterocycles. The van der Waals surface area contributed by atoms with E-state index in [1.54, 1.807) is 0 Å². The van der Waals surface area contributed by atoms with Gasteiger partial charge < -0.3 is 10.2 Å². The Morgan fingerprint density at radius 1 is 0.897 bits per heavy atom. The fourth-order valence-corrected chi connectivity index (χ4v) is 5.50. The van der Waals surface area contributed by atoms with Crippen molar-refractivity contribution in [3.05, 3.63) is 35.9 Å². The molecule has 1 saturated carbocycles. The van der Waals surface area contributed by atoms with Crippen LogP contribution in [0.15, 0.2) is 30.3 Å². The van der Waals surface area contributed by atoms with Gasteiger partial charge in [0.05, 0.1) is 6.54 Å². The van der Waals surface area contributed by atoms with Crippen LogP contribution in [0.2, 0.25) is 0 Å². The monoisotopic (exact) mass is 397 g/mol. The van der Waals surface area contributed by atoms with Crippen LogP contribution in [0.25, 0.3) is 0 Å². The maximum absolute atomic E-state index is 13.0. The number of nitrogens with zero attached hydrogens (tertiary/aromatic N) is 2. The van der Waals surface area contributed by atoms with Crippen LogP contribution in [-0.2, 0) is 16.1 Å². The highest BCUT2D eigenvalue weighted by Crippen LogP contribution is 2.35. The molecule has 1 aromatic carbocycles. The van der Waals surface area contributed by atoms with Crippen molar-refractivity contribution in [2.75, 3.05) is 26.2 Å².